The summed E-state index contributed by atoms with van der Waals surface area (Å²) in [6.07, 6.45) is 1.60. The van der Waals surface area contributed by atoms with Gasteiger partial charge in [-0.3, -0.25) is 9.59 Å². The Kier molecular flexibility index (Phi) is 3.86. The molecular weight excluding hydrogens is 228 g/mol. The number of carbonyl (C=O) groups excluding carboxylic acids is 2. The maximum Gasteiger partial charge on any atom is 0.150 e. The molecule has 0 N–H and O–H groups in total. The van der Waals surface area contributed by atoms with Crippen molar-refractivity contribution in [2.75, 3.05) is 0 Å². The molecule has 0 amide bonds. The number of benzene rings is 2. The van der Waals surface area contributed by atoms with Gasteiger partial charge in [0.2, 0.25) is 0 Å². The van der Waals surface area contributed by atoms with Gasteiger partial charge in [-0.15, -0.1) is 0 Å². The van der Waals surface area contributed by atoms with Gasteiger partial charge in [-0.25, -0.2) is 0 Å². The van der Waals surface area contributed by atoms with E-state index < -0.39 is 0 Å². The fourth-order valence-corrected chi connectivity index (χ4v) is 1.50. The molecule has 18 heavy (non-hydrogen) atoms. The lowest BCUT2D eigenvalue weighted by Crippen LogP contribution is -1.95. The number of carbonyl (C=O) groups is 2. The average Bonchev–Trinajstić information content (AvgIpc) is 2.46. The molecule has 0 heterocycles. The van der Waals surface area contributed by atoms with Crippen LogP contribution in [0.4, 0.5) is 0 Å². The minimum absolute atomic E-state index is 0.430. The van der Waals surface area contributed by atoms with E-state index in [9.17, 15) is 9.59 Å². The molecule has 0 unspecified atom stereocenters. The lowest BCUT2D eigenvalue weighted by Gasteiger charge is -2.06. The zero-order valence-electron chi connectivity index (χ0n) is 9.71. The first-order valence-electron chi connectivity index (χ1n) is 5.54. The van der Waals surface area contributed by atoms with Crippen LogP contribution in [0.3, 0.4) is 0 Å². The predicted octanol–water partition coefficient (Wildman–Crippen LogP) is 2.89. The zero-order chi connectivity index (χ0) is 12.8. The third-order valence-electron chi connectivity index (χ3n) is 2.54. The molecule has 2 rings (SSSR count). The second-order valence-corrected chi connectivity index (χ2v) is 3.83. The van der Waals surface area contributed by atoms with Gasteiger partial charge in [-0.2, -0.15) is 0 Å². The molecule has 0 aliphatic carbocycles. The van der Waals surface area contributed by atoms with E-state index in [-0.39, 0.29) is 0 Å². The van der Waals surface area contributed by atoms with Crippen LogP contribution < -0.4 is 4.74 Å². The van der Waals surface area contributed by atoms with Gasteiger partial charge in [-0.05, 0) is 29.8 Å². The summed E-state index contributed by atoms with van der Waals surface area (Å²) < 4.78 is 5.56. The summed E-state index contributed by atoms with van der Waals surface area (Å²) >= 11 is 0. The van der Waals surface area contributed by atoms with Crippen molar-refractivity contribution >= 4 is 12.6 Å². The molecule has 0 aliphatic heterocycles. The molecule has 3 heteroatoms. The molecule has 2 aromatic carbocycles. The Hall–Kier alpha value is -2.42. The van der Waals surface area contributed by atoms with Gasteiger partial charge in [0.25, 0.3) is 0 Å². The van der Waals surface area contributed by atoms with Crippen molar-refractivity contribution in [2.24, 2.45) is 0 Å². The van der Waals surface area contributed by atoms with Crippen LogP contribution in [-0.2, 0) is 6.61 Å². The van der Waals surface area contributed by atoms with Gasteiger partial charge >= 0.3 is 0 Å². The Bertz CT molecular complexity index is 475. The smallest absolute Gasteiger partial charge is 0.150 e. The van der Waals surface area contributed by atoms with Crippen LogP contribution in [0, 0.1) is 0 Å². The van der Waals surface area contributed by atoms with E-state index in [1.54, 1.807) is 36.4 Å². The van der Waals surface area contributed by atoms with E-state index in [4.69, 9.17) is 4.74 Å². The third kappa shape index (κ3) is 3.04. The molecule has 0 radical (unpaired) electrons. The number of ether oxygens (including phenoxy) is 1. The topological polar surface area (TPSA) is 43.4 Å². The predicted molar refractivity (Wildman–Crippen MR) is 68.0 cm³/mol. The second kappa shape index (κ2) is 5.77. The van der Waals surface area contributed by atoms with Crippen LogP contribution in [0.25, 0.3) is 0 Å². The summed E-state index contributed by atoms with van der Waals surface area (Å²) in [5.74, 6) is 0.708. The molecule has 3 nitrogen and oxygen atoms in total. The Labute approximate surface area is 105 Å². The van der Waals surface area contributed by atoms with Crippen LogP contribution in [0.5, 0.6) is 5.75 Å². The van der Waals surface area contributed by atoms with Gasteiger partial charge in [0.15, 0.2) is 0 Å². The first-order chi connectivity index (χ1) is 8.81. The fraction of sp³-hybridized carbons (Fsp3) is 0.0667. The van der Waals surface area contributed by atoms with E-state index in [0.29, 0.717) is 23.5 Å². The van der Waals surface area contributed by atoms with Crippen LogP contribution in [0.2, 0.25) is 0 Å². The number of rotatable bonds is 5. The fourth-order valence-electron chi connectivity index (χ4n) is 1.50. The molecule has 0 atom stereocenters. The average molecular weight is 240 g/mol. The minimum atomic E-state index is 0.430. The highest BCUT2D eigenvalue weighted by atomic mass is 16.5. The summed E-state index contributed by atoms with van der Waals surface area (Å²) in [6.45, 7) is 0.430. The first kappa shape index (κ1) is 12.0. The Morgan fingerprint density at radius 3 is 1.78 bits per heavy atom. The van der Waals surface area contributed by atoms with Gasteiger partial charge in [0.05, 0.1) is 0 Å². The lowest BCUT2D eigenvalue weighted by atomic mass is 10.1. The Morgan fingerprint density at radius 2 is 1.28 bits per heavy atom. The van der Waals surface area contributed by atoms with Crippen molar-refractivity contribution < 1.29 is 14.3 Å². The van der Waals surface area contributed by atoms with E-state index in [1.807, 2.05) is 12.1 Å². The highest BCUT2D eigenvalue weighted by Crippen LogP contribution is 2.13. The van der Waals surface area contributed by atoms with Crippen molar-refractivity contribution in [1.29, 1.82) is 0 Å². The quantitative estimate of drug-likeness (QED) is 0.755. The molecular formula is C15H12O3. The molecule has 0 saturated heterocycles. The van der Waals surface area contributed by atoms with Crippen LogP contribution in [-0.4, -0.2) is 12.6 Å². The lowest BCUT2D eigenvalue weighted by molar-refractivity contribution is 0.111. The van der Waals surface area contributed by atoms with Gasteiger partial charge in [-0.1, -0.05) is 24.3 Å². The van der Waals surface area contributed by atoms with Crippen molar-refractivity contribution in [3.05, 3.63) is 65.2 Å². The Morgan fingerprint density at radius 1 is 0.778 bits per heavy atom. The van der Waals surface area contributed by atoms with Crippen LogP contribution >= 0.6 is 0 Å². The van der Waals surface area contributed by atoms with Crippen LogP contribution in [0.15, 0.2) is 48.5 Å². The van der Waals surface area contributed by atoms with E-state index in [0.717, 1.165) is 18.1 Å². The molecule has 0 aliphatic rings. The molecule has 0 bridgehead atoms. The maximum absolute atomic E-state index is 10.5. The molecule has 0 aromatic heterocycles. The Balaban J connectivity index is 1.97. The molecule has 90 valence electrons. The van der Waals surface area contributed by atoms with E-state index in [2.05, 4.69) is 0 Å². The van der Waals surface area contributed by atoms with Gasteiger partial charge in [0.1, 0.15) is 24.9 Å². The third-order valence-corrected chi connectivity index (χ3v) is 2.54. The molecule has 0 saturated carbocycles. The van der Waals surface area contributed by atoms with E-state index >= 15 is 0 Å². The van der Waals surface area contributed by atoms with E-state index in [1.165, 1.54) is 0 Å². The maximum atomic E-state index is 10.5. The van der Waals surface area contributed by atoms with Crippen molar-refractivity contribution in [2.45, 2.75) is 6.61 Å². The second-order valence-electron chi connectivity index (χ2n) is 3.83. The zero-order valence-corrected chi connectivity index (χ0v) is 9.71. The summed E-state index contributed by atoms with van der Waals surface area (Å²) in [5.41, 5.74) is 2.26. The first-order valence-corrected chi connectivity index (χ1v) is 5.54. The molecule has 0 spiro atoms. The minimum Gasteiger partial charge on any atom is -0.489 e. The van der Waals surface area contributed by atoms with Gasteiger partial charge in [0, 0.05) is 11.1 Å². The number of hydrogen-bond acceptors (Lipinski definition) is 3. The normalized spacial score (nSPS) is 9.78. The molecule has 0 fully saturated rings. The highest BCUT2D eigenvalue weighted by molar-refractivity contribution is 5.75. The summed E-state index contributed by atoms with van der Waals surface area (Å²) in [7, 11) is 0. The van der Waals surface area contributed by atoms with Crippen molar-refractivity contribution in [3.8, 4) is 5.75 Å². The van der Waals surface area contributed by atoms with Crippen molar-refractivity contribution in [1.82, 2.24) is 0 Å². The monoisotopic (exact) mass is 240 g/mol. The SMILES string of the molecule is O=Cc1ccc(COc2ccc(C=O)cc2)cc1. The summed E-state index contributed by atoms with van der Waals surface area (Å²) in [6, 6.07) is 14.1. The number of hydrogen-bond donors (Lipinski definition) is 0. The molecule has 2 aromatic rings. The number of aldehydes is 2. The summed E-state index contributed by atoms with van der Waals surface area (Å²) in [4.78, 5) is 21.0. The highest BCUT2D eigenvalue weighted by Gasteiger charge is 1.97. The standard InChI is InChI=1S/C15H12O3/c16-9-12-1-3-14(4-2-12)11-18-15-7-5-13(10-17)6-8-15/h1-10H,11H2. The van der Waals surface area contributed by atoms with Crippen LogP contribution in [0.1, 0.15) is 26.3 Å². The largest absolute Gasteiger partial charge is 0.489 e. The van der Waals surface area contributed by atoms with Crippen molar-refractivity contribution in [3.63, 3.8) is 0 Å². The summed E-state index contributed by atoms with van der Waals surface area (Å²) in [5, 5.41) is 0. The van der Waals surface area contributed by atoms with Gasteiger partial charge < -0.3 is 4.74 Å².